The molecule has 0 aromatic rings. The van der Waals surface area contributed by atoms with Gasteiger partial charge < -0.3 is 4.74 Å². The second-order valence-electron chi connectivity index (χ2n) is 5.17. The van der Waals surface area contributed by atoms with E-state index in [9.17, 15) is 4.79 Å². The lowest BCUT2D eigenvalue weighted by Gasteiger charge is -2.28. The molecule has 2 nitrogen and oxygen atoms in total. The minimum absolute atomic E-state index is 0.297. The molecule has 0 aromatic carbocycles. The van der Waals surface area contributed by atoms with Gasteiger partial charge in [0.15, 0.2) is 0 Å². The van der Waals surface area contributed by atoms with E-state index in [-0.39, 0.29) is 5.97 Å². The third kappa shape index (κ3) is 5.90. The van der Waals surface area contributed by atoms with Gasteiger partial charge >= 0.3 is 5.97 Å². The van der Waals surface area contributed by atoms with Gasteiger partial charge in [0.25, 0.3) is 0 Å². The molecule has 17 heavy (non-hydrogen) atoms. The minimum Gasteiger partial charge on any atom is -0.463 e. The summed E-state index contributed by atoms with van der Waals surface area (Å²) in [6.07, 6.45) is 11.7. The number of carbonyl (C=O) groups excluding carboxylic acids is 1. The molecule has 0 amide bonds. The molecule has 0 aliphatic heterocycles. The first-order valence-corrected chi connectivity index (χ1v) is 7.05. The van der Waals surface area contributed by atoms with Crippen LogP contribution in [0, 0.1) is 11.8 Å². The van der Waals surface area contributed by atoms with E-state index in [0.717, 1.165) is 18.3 Å². The van der Waals surface area contributed by atoms with Crippen LogP contribution in [0.3, 0.4) is 0 Å². The Morgan fingerprint density at radius 2 is 2.12 bits per heavy atom. The Balaban J connectivity index is 2.02. The zero-order valence-corrected chi connectivity index (χ0v) is 11.1. The molecule has 0 radical (unpaired) electrons. The average Bonchev–Trinajstić information content (AvgIpc) is 2.38. The Hall–Kier alpha value is -0.790. The summed E-state index contributed by atoms with van der Waals surface area (Å²) < 4.78 is 4.97. The zero-order chi connectivity index (χ0) is 12.5. The molecule has 0 aromatic heterocycles. The fourth-order valence-electron chi connectivity index (χ4n) is 2.80. The number of hydrogen-bond acceptors (Lipinski definition) is 2. The molecule has 0 heterocycles. The first kappa shape index (κ1) is 14.3. The van der Waals surface area contributed by atoms with Crippen LogP contribution in [0.4, 0.5) is 0 Å². The van der Waals surface area contributed by atoms with Crippen molar-refractivity contribution in [3.05, 3.63) is 12.7 Å². The summed E-state index contributed by atoms with van der Waals surface area (Å²) in [6.45, 7) is 6.23. The molecular weight excluding hydrogens is 212 g/mol. The number of esters is 1. The van der Waals surface area contributed by atoms with E-state index in [2.05, 4.69) is 13.5 Å². The van der Waals surface area contributed by atoms with Crippen LogP contribution in [-0.4, -0.2) is 12.6 Å². The highest BCUT2D eigenvalue weighted by atomic mass is 16.5. The minimum atomic E-state index is -0.297. The molecule has 98 valence electrons. The highest BCUT2D eigenvalue weighted by molar-refractivity contribution is 5.81. The van der Waals surface area contributed by atoms with Crippen molar-refractivity contribution >= 4 is 5.97 Å². The third-order valence-corrected chi connectivity index (χ3v) is 3.89. The van der Waals surface area contributed by atoms with Gasteiger partial charge in [-0.15, -0.1) is 0 Å². The van der Waals surface area contributed by atoms with Crippen molar-refractivity contribution < 1.29 is 9.53 Å². The Morgan fingerprint density at radius 3 is 2.82 bits per heavy atom. The van der Waals surface area contributed by atoms with Gasteiger partial charge in [-0.1, -0.05) is 45.6 Å². The number of carbonyl (C=O) groups is 1. The van der Waals surface area contributed by atoms with Crippen LogP contribution >= 0.6 is 0 Å². The number of rotatable bonds is 7. The van der Waals surface area contributed by atoms with E-state index < -0.39 is 0 Å². The molecule has 0 spiro atoms. The summed E-state index contributed by atoms with van der Waals surface area (Å²) in [7, 11) is 0. The molecule has 1 aliphatic rings. The predicted molar refractivity (Wildman–Crippen MR) is 70.7 cm³/mol. The van der Waals surface area contributed by atoms with E-state index in [4.69, 9.17) is 4.74 Å². The topological polar surface area (TPSA) is 26.3 Å². The van der Waals surface area contributed by atoms with Gasteiger partial charge in [0.05, 0.1) is 6.61 Å². The maximum absolute atomic E-state index is 10.8. The van der Waals surface area contributed by atoms with Gasteiger partial charge in [-0.05, 0) is 31.1 Å². The van der Waals surface area contributed by atoms with Crippen molar-refractivity contribution in [3.63, 3.8) is 0 Å². The van der Waals surface area contributed by atoms with E-state index in [1.165, 1.54) is 51.0 Å². The summed E-state index contributed by atoms with van der Waals surface area (Å²) in [5, 5.41) is 0. The van der Waals surface area contributed by atoms with Gasteiger partial charge in [0.1, 0.15) is 0 Å². The second kappa shape index (κ2) is 8.32. The number of hydrogen-bond donors (Lipinski definition) is 0. The van der Waals surface area contributed by atoms with E-state index in [1.807, 2.05) is 0 Å². The summed E-state index contributed by atoms with van der Waals surface area (Å²) in [4.78, 5) is 10.8. The molecule has 2 atom stereocenters. The van der Waals surface area contributed by atoms with E-state index >= 15 is 0 Å². The average molecular weight is 238 g/mol. The van der Waals surface area contributed by atoms with Gasteiger partial charge in [-0.3, -0.25) is 0 Å². The predicted octanol–water partition coefficient (Wildman–Crippen LogP) is 4.10. The van der Waals surface area contributed by atoms with Crippen LogP contribution in [0.1, 0.15) is 58.3 Å². The third-order valence-electron chi connectivity index (χ3n) is 3.89. The maximum Gasteiger partial charge on any atom is 0.330 e. The molecule has 2 heteroatoms. The largest absolute Gasteiger partial charge is 0.463 e. The fraction of sp³-hybridized carbons (Fsp3) is 0.800. The molecule has 1 aliphatic carbocycles. The number of ether oxygens (including phenoxy) is 1. The Morgan fingerprint density at radius 1 is 1.35 bits per heavy atom. The summed E-state index contributed by atoms with van der Waals surface area (Å²) in [5.74, 6) is 1.59. The molecule has 1 rings (SSSR count). The monoisotopic (exact) mass is 238 g/mol. The molecule has 0 bridgehead atoms. The lowest BCUT2D eigenvalue weighted by atomic mass is 9.78. The fourth-order valence-corrected chi connectivity index (χ4v) is 2.80. The van der Waals surface area contributed by atoms with Crippen LogP contribution in [0.25, 0.3) is 0 Å². The van der Waals surface area contributed by atoms with Crippen molar-refractivity contribution in [1.82, 2.24) is 0 Å². The van der Waals surface area contributed by atoms with E-state index in [1.54, 1.807) is 0 Å². The van der Waals surface area contributed by atoms with Crippen LogP contribution in [0.2, 0.25) is 0 Å². The summed E-state index contributed by atoms with van der Waals surface area (Å²) >= 11 is 0. The van der Waals surface area contributed by atoms with Crippen molar-refractivity contribution in [2.24, 2.45) is 11.8 Å². The standard InChI is InChI=1S/C15H26O2/c1-3-13-9-7-10-14(12-13)8-5-6-11-17-15(16)4-2/h4,13-14H,2-3,5-12H2,1H3. The van der Waals surface area contributed by atoms with Gasteiger partial charge in [0.2, 0.25) is 0 Å². The Labute approximate surface area is 105 Å². The van der Waals surface area contributed by atoms with Crippen LogP contribution in [0.5, 0.6) is 0 Å². The van der Waals surface area contributed by atoms with Crippen molar-refractivity contribution in [1.29, 1.82) is 0 Å². The smallest absolute Gasteiger partial charge is 0.330 e. The molecule has 0 N–H and O–H groups in total. The molecule has 0 saturated heterocycles. The highest BCUT2D eigenvalue weighted by Gasteiger charge is 2.19. The first-order valence-electron chi connectivity index (χ1n) is 7.05. The van der Waals surface area contributed by atoms with Gasteiger partial charge in [-0.2, -0.15) is 0 Å². The lowest BCUT2D eigenvalue weighted by molar-refractivity contribution is -0.137. The Bertz CT molecular complexity index is 235. The lowest BCUT2D eigenvalue weighted by Crippen LogP contribution is -2.15. The van der Waals surface area contributed by atoms with Crippen molar-refractivity contribution in [2.75, 3.05) is 6.61 Å². The number of unbranched alkanes of at least 4 members (excludes halogenated alkanes) is 1. The second-order valence-corrected chi connectivity index (χ2v) is 5.17. The molecule has 1 saturated carbocycles. The van der Waals surface area contributed by atoms with E-state index in [0.29, 0.717) is 6.61 Å². The first-order chi connectivity index (χ1) is 8.26. The van der Waals surface area contributed by atoms with Gasteiger partial charge in [-0.25, -0.2) is 4.79 Å². The SMILES string of the molecule is C=CC(=O)OCCCCC1CCCC(CC)C1. The van der Waals surface area contributed by atoms with Crippen LogP contribution in [-0.2, 0) is 9.53 Å². The molecular formula is C15H26O2. The van der Waals surface area contributed by atoms with Crippen molar-refractivity contribution in [3.8, 4) is 0 Å². The zero-order valence-electron chi connectivity index (χ0n) is 11.1. The Kier molecular flexibility index (Phi) is 6.99. The molecule has 2 unspecified atom stereocenters. The van der Waals surface area contributed by atoms with Gasteiger partial charge in [0, 0.05) is 6.08 Å². The highest BCUT2D eigenvalue weighted by Crippen LogP contribution is 2.33. The normalized spacial score (nSPS) is 24.3. The van der Waals surface area contributed by atoms with Crippen LogP contribution in [0.15, 0.2) is 12.7 Å². The van der Waals surface area contributed by atoms with Crippen molar-refractivity contribution in [2.45, 2.75) is 58.3 Å². The maximum atomic E-state index is 10.8. The summed E-state index contributed by atoms with van der Waals surface area (Å²) in [6, 6.07) is 0. The summed E-state index contributed by atoms with van der Waals surface area (Å²) in [5.41, 5.74) is 0. The quantitative estimate of drug-likeness (QED) is 0.379. The van der Waals surface area contributed by atoms with Crippen LogP contribution < -0.4 is 0 Å². The molecule has 1 fully saturated rings.